The topological polar surface area (TPSA) is 84.0 Å². The number of rotatable bonds is 9. The molecule has 0 bridgehead atoms. The Labute approximate surface area is 172 Å². The van der Waals surface area contributed by atoms with Gasteiger partial charge in [0.2, 0.25) is 0 Å². The molecule has 0 aliphatic heterocycles. The first-order valence-corrected chi connectivity index (χ1v) is 9.65. The van der Waals surface area contributed by atoms with E-state index in [0.717, 1.165) is 17.7 Å². The molecule has 0 fully saturated rings. The summed E-state index contributed by atoms with van der Waals surface area (Å²) in [5.41, 5.74) is 2.74. The van der Waals surface area contributed by atoms with E-state index in [-0.39, 0.29) is 5.91 Å². The van der Waals surface area contributed by atoms with E-state index < -0.39 is 0 Å². The summed E-state index contributed by atoms with van der Waals surface area (Å²) >= 11 is 0. The molecule has 0 spiro atoms. The van der Waals surface area contributed by atoms with Crippen LogP contribution < -0.4 is 25.4 Å². The van der Waals surface area contributed by atoms with Crippen LogP contribution in [0.3, 0.4) is 0 Å². The summed E-state index contributed by atoms with van der Waals surface area (Å²) < 4.78 is 10.6. The lowest BCUT2D eigenvalue weighted by atomic mass is 10.1. The number of methoxy groups -OCH3 is 2. The normalized spacial score (nSPS) is 11.0. The highest BCUT2D eigenvalue weighted by molar-refractivity contribution is 5.94. The Morgan fingerprint density at radius 3 is 2.41 bits per heavy atom. The van der Waals surface area contributed by atoms with Crippen LogP contribution in [-0.2, 0) is 6.54 Å². The van der Waals surface area contributed by atoms with E-state index in [4.69, 9.17) is 9.47 Å². The fraction of sp³-hybridized carbons (Fsp3) is 0.364. The highest BCUT2D eigenvalue weighted by atomic mass is 16.5. The number of benzene rings is 2. The number of nitrogens with zero attached hydrogens (tertiary/aromatic N) is 1. The van der Waals surface area contributed by atoms with Gasteiger partial charge >= 0.3 is 0 Å². The Morgan fingerprint density at radius 2 is 1.72 bits per heavy atom. The number of aryl methyl sites for hydroxylation is 1. The lowest BCUT2D eigenvalue weighted by molar-refractivity contribution is 0.0954. The summed E-state index contributed by atoms with van der Waals surface area (Å²) in [6.07, 6.45) is 0. The van der Waals surface area contributed by atoms with Crippen LogP contribution in [0.4, 0.5) is 0 Å². The van der Waals surface area contributed by atoms with E-state index in [1.54, 1.807) is 14.2 Å². The summed E-state index contributed by atoms with van der Waals surface area (Å²) in [5, 5.41) is 9.34. The minimum Gasteiger partial charge on any atom is -0.493 e. The van der Waals surface area contributed by atoms with Crippen molar-refractivity contribution in [2.75, 3.05) is 33.9 Å². The molecule has 7 nitrogen and oxygen atoms in total. The van der Waals surface area contributed by atoms with Crippen molar-refractivity contribution in [3.05, 3.63) is 59.2 Å². The highest BCUT2D eigenvalue weighted by Crippen LogP contribution is 2.27. The number of carbonyl (C=O) groups excluding carboxylic acids is 1. The monoisotopic (exact) mass is 398 g/mol. The molecule has 3 N–H and O–H groups in total. The van der Waals surface area contributed by atoms with Gasteiger partial charge in [0, 0.05) is 25.2 Å². The van der Waals surface area contributed by atoms with Gasteiger partial charge in [0.05, 0.1) is 20.8 Å². The molecule has 0 unspecified atom stereocenters. The van der Waals surface area contributed by atoms with Crippen molar-refractivity contribution in [2.45, 2.75) is 20.4 Å². The third-order valence-electron chi connectivity index (χ3n) is 4.20. The maximum absolute atomic E-state index is 12.2. The minimum atomic E-state index is -0.0808. The number of hydrogen-bond donors (Lipinski definition) is 3. The van der Waals surface area contributed by atoms with Crippen LogP contribution in [0.2, 0.25) is 0 Å². The lowest BCUT2D eigenvalue weighted by Gasteiger charge is -2.13. The Balaban J connectivity index is 1.87. The van der Waals surface area contributed by atoms with Crippen LogP contribution >= 0.6 is 0 Å². The average molecular weight is 399 g/mol. The molecular weight excluding hydrogens is 368 g/mol. The molecule has 156 valence electrons. The smallest absolute Gasteiger partial charge is 0.251 e. The second-order valence-electron chi connectivity index (χ2n) is 6.44. The van der Waals surface area contributed by atoms with E-state index in [9.17, 15) is 4.79 Å². The second kappa shape index (κ2) is 11.6. The average Bonchev–Trinajstić information content (AvgIpc) is 2.74. The molecule has 0 aliphatic carbocycles. The number of guanidine groups is 1. The zero-order valence-electron chi connectivity index (χ0n) is 17.5. The van der Waals surface area contributed by atoms with Crippen molar-refractivity contribution < 1.29 is 14.3 Å². The van der Waals surface area contributed by atoms with Crippen LogP contribution in [0.25, 0.3) is 0 Å². The summed E-state index contributed by atoms with van der Waals surface area (Å²) in [5.74, 6) is 1.97. The quantitative estimate of drug-likeness (QED) is 0.343. The van der Waals surface area contributed by atoms with E-state index >= 15 is 0 Å². The van der Waals surface area contributed by atoms with Crippen LogP contribution in [0.1, 0.15) is 28.4 Å². The summed E-state index contributed by atoms with van der Waals surface area (Å²) in [6.45, 7) is 6.27. The first kappa shape index (κ1) is 22.1. The molecular formula is C22H30N4O3. The zero-order valence-corrected chi connectivity index (χ0v) is 17.5. The van der Waals surface area contributed by atoms with Crippen LogP contribution in [0.5, 0.6) is 11.5 Å². The Morgan fingerprint density at radius 1 is 0.966 bits per heavy atom. The third kappa shape index (κ3) is 7.03. The predicted octanol–water partition coefficient (Wildman–Crippen LogP) is 2.50. The molecule has 0 saturated heterocycles. The molecule has 0 aliphatic rings. The second-order valence-corrected chi connectivity index (χ2v) is 6.44. The van der Waals surface area contributed by atoms with Crippen LogP contribution in [0, 0.1) is 6.92 Å². The predicted molar refractivity (Wildman–Crippen MR) is 116 cm³/mol. The summed E-state index contributed by atoms with van der Waals surface area (Å²) in [7, 11) is 3.22. The van der Waals surface area contributed by atoms with Gasteiger partial charge in [-0.15, -0.1) is 0 Å². The third-order valence-corrected chi connectivity index (χ3v) is 4.20. The SMILES string of the molecule is CCNC(=NCc1ccc(OC)c(OC)c1)NCCNC(=O)c1cccc(C)c1. The van der Waals surface area contributed by atoms with Gasteiger partial charge in [-0.3, -0.25) is 4.79 Å². The van der Waals surface area contributed by atoms with Gasteiger partial charge in [-0.1, -0.05) is 23.8 Å². The molecule has 1 amide bonds. The number of hydrogen-bond acceptors (Lipinski definition) is 4. The Bertz CT molecular complexity index is 837. The van der Waals surface area contributed by atoms with Crippen molar-refractivity contribution in [3.63, 3.8) is 0 Å². The Kier molecular flexibility index (Phi) is 8.82. The standard InChI is InChI=1S/C22H30N4O3/c1-5-23-22(26-15-17-9-10-19(28-3)20(14-17)29-4)25-12-11-24-21(27)18-8-6-7-16(2)13-18/h6-10,13-14H,5,11-12,15H2,1-4H3,(H,24,27)(H2,23,25,26). The van der Waals surface area contributed by atoms with Crippen molar-refractivity contribution >= 4 is 11.9 Å². The Hall–Kier alpha value is -3.22. The molecule has 0 aromatic heterocycles. The maximum atomic E-state index is 12.2. The van der Waals surface area contributed by atoms with Gasteiger partial charge in [0.15, 0.2) is 17.5 Å². The number of ether oxygens (including phenoxy) is 2. The van der Waals surface area contributed by atoms with Gasteiger partial charge < -0.3 is 25.4 Å². The van der Waals surface area contributed by atoms with Crippen LogP contribution in [0.15, 0.2) is 47.5 Å². The fourth-order valence-corrected chi connectivity index (χ4v) is 2.74. The number of amides is 1. The first-order valence-electron chi connectivity index (χ1n) is 9.65. The molecule has 0 radical (unpaired) electrons. The molecule has 29 heavy (non-hydrogen) atoms. The van der Waals surface area contributed by atoms with Crippen molar-refractivity contribution in [1.82, 2.24) is 16.0 Å². The van der Waals surface area contributed by atoms with Gasteiger partial charge in [-0.05, 0) is 43.7 Å². The molecule has 7 heteroatoms. The van der Waals surface area contributed by atoms with Gasteiger partial charge in [0.25, 0.3) is 5.91 Å². The molecule has 2 aromatic rings. The number of carbonyl (C=O) groups is 1. The first-order chi connectivity index (χ1) is 14.1. The van der Waals surface area contributed by atoms with Crippen molar-refractivity contribution in [1.29, 1.82) is 0 Å². The van der Waals surface area contributed by atoms with E-state index in [2.05, 4.69) is 20.9 Å². The fourth-order valence-electron chi connectivity index (χ4n) is 2.74. The van der Waals surface area contributed by atoms with E-state index in [1.165, 1.54) is 0 Å². The van der Waals surface area contributed by atoms with Gasteiger partial charge in [-0.25, -0.2) is 4.99 Å². The van der Waals surface area contributed by atoms with Gasteiger partial charge in [-0.2, -0.15) is 0 Å². The highest BCUT2D eigenvalue weighted by Gasteiger charge is 2.06. The molecule has 0 atom stereocenters. The molecule has 2 rings (SSSR count). The summed E-state index contributed by atoms with van der Waals surface area (Å²) in [4.78, 5) is 16.8. The lowest BCUT2D eigenvalue weighted by Crippen LogP contribution is -2.41. The van der Waals surface area contributed by atoms with Crippen molar-refractivity contribution in [2.24, 2.45) is 4.99 Å². The molecule has 0 saturated carbocycles. The largest absolute Gasteiger partial charge is 0.493 e. The molecule has 0 heterocycles. The minimum absolute atomic E-state index is 0.0808. The summed E-state index contributed by atoms with van der Waals surface area (Å²) in [6, 6.07) is 13.3. The van der Waals surface area contributed by atoms with Crippen LogP contribution in [-0.4, -0.2) is 45.7 Å². The number of aliphatic imine (C=N–C) groups is 1. The van der Waals surface area contributed by atoms with Gasteiger partial charge in [0.1, 0.15) is 0 Å². The zero-order chi connectivity index (χ0) is 21.1. The van der Waals surface area contributed by atoms with E-state index in [1.807, 2.05) is 56.3 Å². The van der Waals surface area contributed by atoms with Crippen molar-refractivity contribution in [3.8, 4) is 11.5 Å². The molecule has 2 aromatic carbocycles. The maximum Gasteiger partial charge on any atom is 0.251 e. The van der Waals surface area contributed by atoms with E-state index in [0.29, 0.717) is 42.7 Å². The number of nitrogens with one attached hydrogen (secondary N) is 3.